The van der Waals surface area contributed by atoms with Gasteiger partial charge in [-0.1, -0.05) is 146 Å². The van der Waals surface area contributed by atoms with Crippen molar-refractivity contribution in [2.45, 2.75) is 0 Å². The number of benzene rings is 7. The lowest BCUT2D eigenvalue weighted by molar-refractivity contribution is 0.670. The average molecular weight is 628 g/mol. The third-order valence-electron chi connectivity index (χ3n) is 8.92. The van der Waals surface area contributed by atoms with E-state index in [0.717, 1.165) is 66.4 Å². The van der Waals surface area contributed by atoms with E-state index in [2.05, 4.69) is 109 Å². The van der Waals surface area contributed by atoms with E-state index in [4.69, 9.17) is 19.4 Å². The Morgan fingerprint density at radius 2 is 0.776 bits per heavy atom. The third kappa shape index (κ3) is 5.45. The Balaban J connectivity index is 1.19. The molecule has 2 aromatic heterocycles. The summed E-state index contributed by atoms with van der Waals surface area (Å²) in [5, 5.41) is 2.16. The van der Waals surface area contributed by atoms with Crippen molar-refractivity contribution in [3.63, 3.8) is 0 Å². The summed E-state index contributed by atoms with van der Waals surface area (Å²) in [7, 11) is 0. The predicted molar refractivity (Wildman–Crippen MR) is 200 cm³/mol. The van der Waals surface area contributed by atoms with Crippen LogP contribution in [0.1, 0.15) is 0 Å². The molecule has 49 heavy (non-hydrogen) atoms. The number of aromatic nitrogens is 3. The zero-order valence-electron chi connectivity index (χ0n) is 26.5. The molecular weight excluding hydrogens is 599 g/mol. The Kier molecular flexibility index (Phi) is 7.10. The molecule has 0 aliphatic rings. The van der Waals surface area contributed by atoms with Gasteiger partial charge < -0.3 is 4.42 Å². The number of rotatable bonds is 6. The molecule has 0 fully saturated rings. The molecule has 0 saturated heterocycles. The summed E-state index contributed by atoms with van der Waals surface area (Å²) in [6.07, 6.45) is 0. The molecule has 9 aromatic rings. The van der Waals surface area contributed by atoms with E-state index in [0.29, 0.717) is 17.5 Å². The van der Waals surface area contributed by atoms with Crippen LogP contribution in [0, 0.1) is 0 Å². The van der Waals surface area contributed by atoms with Gasteiger partial charge in [0.25, 0.3) is 0 Å². The average Bonchev–Trinajstić information content (AvgIpc) is 3.57. The lowest BCUT2D eigenvalue weighted by Crippen LogP contribution is -2.00. The molecular formula is C45H29N3O. The summed E-state index contributed by atoms with van der Waals surface area (Å²) in [6.45, 7) is 0. The maximum Gasteiger partial charge on any atom is 0.164 e. The van der Waals surface area contributed by atoms with E-state index in [1.165, 1.54) is 5.56 Å². The van der Waals surface area contributed by atoms with E-state index in [9.17, 15) is 0 Å². The van der Waals surface area contributed by atoms with E-state index in [1.54, 1.807) is 0 Å². The van der Waals surface area contributed by atoms with Crippen LogP contribution >= 0.6 is 0 Å². The zero-order chi connectivity index (χ0) is 32.6. The van der Waals surface area contributed by atoms with Gasteiger partial charge in [-0.15, -0.1) is 0 Å². The van der Waals surface area contributed by atoms with Crippen molar-refractivity contribution in [1.82, 2.24) is 15.0 Å². The first-order valence-corrected chi connectivity index (χ1v) is 16.4. The van der Waals surface area contributed by atoms with Gasteiger partial charge in [-0.3, -0.25) is 0 Å². The monoisotopic (exact) mass is 627 g/mol. The van der Waals surface area contributed by atoms with Crippen molar-refractivity contribution in [1.29, 1.82) is 0 Å². The van der Waals surface area contributed by atoms with Crippen LogP contribution < -0.4 is 0 Å². The molecule has 0 amide bonds. The van der Waals surface area contributed by atoms with Crippen LogP contribution in [-0.4, -0.2) is 15.0 Å². The van der Waals surface area contributed by atoms with Gasteiger partial charge in [0.15, 0.2) is 17.5 Å². The summed E-state index contributed by atoms with van der Waals surface area (Å²) in [5.74, 6) is 1.92. The maximum atomic E-state index is 6.60. The molecule has 0 saturated carbocycles. The molecule has 0 aliphatic heterocycles. The van der Waals surface area contributed by atoms with E-state index in [-0.39, 0.29) is 0 Å². The van der Waals surface area contributed by atoms with Crippen molar-refractivity contribution in [2.24, 2.45) is 0 Å². The largest absolute Gasteiger partial charge is 0.455 e. The highest BCUT2D eigenvalue weighted by molar-refractivity contribution is 6.12. The minimum absolute atomic E-state index is 0.629. The lowest BCUT2D eigenvalue weighted by Gasteiger charge is -2.10. The van der Waals surface area contributed by atoms with Crippen LogP contribution in [0.2, 0.25) is 0 Å². The molecule has 0 bridgehead atoms. The molecule has 0 atom stereocenters. The molecule has 0 aliphatic carbocycles. The Hall–Kier alpha value is -6.65. The summed E-state index contributed by atoms with van der Waals surface area (Å²) < 4.78 is 6.60. The van der Waals surface area contributed by atoms with Crippen molar-refractivity contribution < 1.29 is 4.42 Å². The minimum Gasteiger partial charge on any atom is -0.455 e. The first kappa shape index (κ1) is 28.6. The molecule has 9 rings (SSSR count). The fraction of sp³-hybridized carbons (Fsp3) is 0. The molecule has 0 N–H and O–H groups in total. The molecule has 7 aromatic carbocycles. The summed E-state index contributed by atoms with van der Waals surface area (Å²) in [5.41, 5.74) is 11.2. The first-order valence-electron chi connectivity index (χ1n) is 16.4. The van der Waals surface area contributed by atoms with Crippen LogP contribution in [0.5, 0.6) is 0 Å². The van der Waals surface area contributed by atoms with Crippen molar-refractivity contribution in [3.8, 4) is 67.5 Å². The molecule has 0 spiro atoms. The van der Waals surface area contributed by atoms with Gasteiger partial charge in [0.05, 0.1) is 0 Å². The lowest BCUT2D eigenvalue weighted by atomic mass is 9.95. The number of hydrogen-bond acceptors (Lipinski definition) is 4. The molecule has 4 heteroatoms. The van der Waals surface area contributed by atoms with Gasteiger partial charge in [0.2, 0.25) is 0 Å². The highest BCUT2D eigenvalue weighted by atomic mass is 16.3. The number of nitrogens with zero attached hydrogens (tertiary/aromatic N) is 3. The molecule has 0 radical (unpaired) electrons. The fourth-order valence-electron chi connectivity index (χ4n) is 6.46. The van der Waals surface area contributed by atoms with Crippen LogP contribution in [-0.2, 0) is 0 Å². The summed E-state index contributed by atoms with van der Waals surface area (Å²) >= 11 is 0. The second-order valence-corrected chi connectivity index (χ2v) is 12.1. The Bertz CT molecular complexity index is 2520. The van der Waals surface area contributed by atoms with E-state index in [1.807, 2.05) is 66.7 Å². The highest BCUT2D eigenvalue weighted by Crippen LogP contribution is 2.41. The Morgan fingerprint density at radius 3 is 1.39 bits per heavy atom. The van der Waals surface area contributed by atoms with Crippen LogP contribution in [0.4, 0.5) is 0 Å². The van der Waals surface area contributed by atoms with Gasteiger partial charge in [-0.05, 0) is 58.1 Å². The van der Waals surface area contributed by atoms with Crippen LogP contribution in [0.15, 0.2) is 180 Å². The van der Waals surface area contributed by atoms with E-state index >= 15 is 0 Å². The smallest absolute Gasteiger partial charge is 0.164 e. The van der Waals surface area contributed by atoms with Crippen LogP contribution in [0.3, 0.4) is 0 Å². The first-order chi connectivity index (χ1) is 24.3. The van der Waals surface area contributed by atoms with Gasteiger partial charge in [0, 0.05) is 33.0 Å². The normalized spacial score (nSPS) is 11.3. The third-order valence-corrected chi connectivity index (χ3v) is 8.92. The zero-order valence-corrected chi connectivity index (χ0v) is 26.5. The molecule has 4 nitrogen and oxygen atoms in total. The van der Waals surface area contributed by atoms with E-state index < -0.39 is 0 Å². The van der Waals surface area contributed by atoms with Crippen LogP contribution in [0.25, 0.3) is 89.5 Å². The van der Waals surface area contributed by atoms with Crippen molar-refractivity contribution in [2.75, 3.05) is 0 Å². The van der Waals surface area contributed by atoms with Crippen molar-refractivity contribution in [3.05, 3.63) is 176 Å². The SMILES string of the molecule is c1ccc(-c2cc(-c3ccccc3)c3oc4ccc(-c5cccc(-c6nc(-c7ccccc7)nc(-c7ccccc7)n6)c5)cc4c3c2)cc1. The molecule has 2 heterocycles. The molecule has 0 unspecified atom stereocenters. The quantitative estimate of drug-likeness (QED) is 0.184. The standard InChI is InChI=1S/C45H29N3O/c1-5-14-30(15-6-1)37-28-38(31-16-7-2-8-17-31)42-40(29-37)39-27-35(24-25-41(39)49-42)34-22-13-23-36(26-34)45-47-43(32-18-9-3-10-19-32)46-44(48-45)33-20-11-4-12-21-33/h1-29H. The summed E-state index contributed by atoms with van der Waals surface area (Å²) in [4.78, 5) is 14.8. The van der Waals surface area contributed by atoms with Crippen molar-refractivity contribution >= 4 is 21.9 Å². The Morgan fingerprint density at radius 1 is 0.306 bits per heavy atom. The second-order valence-electron chi connectivity index (χ2n) is 12.1. The van der Waals surface area contributed by atoms with Gasteiger partial charge in [-0.25, -0.2) is 15.0 Å². The predicted octanol–water partition coefficient (Wildman–Crippen LogP) is 11.8. The van der Waals surface area contributed by atoms with Gasteiger partial charge in [0.1, 0.15) is 11.2 Å². The van der Waals surface area contributed by atoms with Gasteiger partial charge >= 0.3 is 0 Å². The highest BCUT2D eigenvalue weighted by Gasteiger charge is 2.17. The van der Waals surface area contributed by atoms with Gasteiger partial charge in [-0.2, -0.15) is 0 Å². The topological polar surface area (TPSA) is 51.8 Å². The summed E-state index contributed by atoms with van der Waals surface area (Å²) in [6, 6.07) is 60.5. The Labute approximate surface area is 284 Å². The number of fused-ring (bicyclic) bond motifs is 3. The fourth-order valence-corrected chi connectivity index (χ4v) is 6.46. The maximum absolute atomic E-state index is 6.60. The number of hydrogen-bond donors (Lipinski definition) is 0. The number of furan rings is 1. The second kappa shape index (κ2) is 12.2. The molecule has 230 valence electrons. The minimum atomic E-state index is 0.629.